The van der Waals surface area contributed by atoms with Gasteiger partial charge in [0.15, 0.2) is 0 Å². The molecule has 0 aliphatic carbocycles. The van der Waals surface area contributed by atoms with E-state index in [2.05, 4.69) is 10.1 Å². The second-order valence-corrected chi connectivity index (χ2v) is 3.67. The van der Waals surface area contributed by atoms with Crippen molar-refractivity contribution in [3.8, 4) is 22.8 Å². The number of nitrogens with zero attached hydrogens (tertiary/aromatic N) is 2. The number of anilines is 1. The lowest BCUT2D eigenvalue weighted by molar-refractivity contribution is 0.432. The van der Waals surface area contributed by atoms with Gasteiger partial charge in [-0.2, -0.15) is 4.98 Å². The summed E-state index contributed by atoms with van der Waals surface area (Å²) >= 11 is 0. The van der Waals surface area contributed by atoms with Crippen molar-refractivity contribution in [2.45, 2.75) is 0 Å². The molecule has 1 aromatic carbocycles. The normalized spacial score (nSPS) is 10.7. The van der Waals surface area contributed by atoms with Crippen LogP contribution in [0.5, 0.6) is 0 Å². The van der Waals surface area contributed by atoms with E-state index in [4.69, 9.17) is 14.7 Å². The third kappa shape index (κ3) is 1.73. The van der Waals surface area contributed by atoms with E-state index in [0.29, 0.717) is 17.0 Å². The van der Waals surface area contributed by atoms with Gasteiger partial charge in [0.05, 0.1) is 17.5 Å². The van der Waals surface area contributed by atoms with Crippen molar-refractivity contribution in [3.05, 3.63) is 42.6 Å². The van der Waals surface area contributed by atoms with Gasteiger partial charge in [0.2, 0.25) is 5.82 Å². The van der Waals surface area contributed by atoms with Gasteiger partial charge in [-0.15, -0.1) is 0 Å². The van der Waals surface area contributed by atoms with Crippen LogP contribution in [0.1, 0.15) is 0 Å². The van der Waals surface area contributed by atoms with Crippen molar-refractivity contribution in [1.82, 2.24) is 10.1 Å². The van der Waals surface area contributed by atoms with Crippen molar-refractivity contribution < 1.29 is 13.3 Å². The largest absolute Gasteiger partial charge is 0.472 e. The lowest BCUT2D eigenvalue weighted by Gasteiger charge is -1.97. The Balaban J connectivity index is 2.00. The molecule has 0 atom stereocenters. The molecule has 3 aromatic rings. The number of nitrogens with two attached hydrogens (primary N) is 1. The Bertz CT molecular complexity index is 676. The summed E-state index contributed by atoms with van der Waals surface area (Å²) in [6, 6.07) is 6.03. The molecule has 0 aliphatic heterocycles. The minimum absolute atomic E-state index is 0.0772. The highest BCUT2D eigenvalue weighted by molar-refractivity contribution is 5.61. The maximum absolute atomic E-state index is 13.3. The van der Waals surface area contributed by atoms with E-state index in [0.717, 1.165) is 0 Å². The first-order valence-corrected chi connectivity index (χ1v) is 5.16. The van der Waals surface area contributed by atoms with Gasteiger partial charge < -0.3 is 14.7 Å². The molecule has 0 saturated heterocycles. The van der Waals surface area contributed by atoms with Crippen molar-refractivity contribution in [1.29, 1.82) is 0 Å². The van der Waals surface area contributed by atoms with Gasteiger partial charge in [-0.3, -0.25) is 0 Å². The summed E-state index contributed by atoms with van der Waals surface area (Å²) in [5.74, 6) is 0.0941. The average molecular weight is 245 g/mol. The molecule has 3 rings (SSSR count). The summed E-state index contributed by atoms with van der Waals surface area (Å²) in [6.07, 6.45) is 3.01. The number of hydrogen-bond acceptors (Lipinski definition) is 5. The number of nitrogen functional groups attached to an aromatic ring is 1. The minimum atomic E-state index is -0.518. The van der Waals surface area contributed by atoms with Crippen LogP contribution in [0.4, 0.5) is 10.1 Å². The number of hydrogen-bond donors (Lipinski definition) is 1. The monoisotopic (exact) mass is 245 g/mol. The maximum atomic E-state index is 13.3. The Labute approximate surface area is 101 Å². The average Bonchev–Trinajstić information content (AvgIpc) is 3.01. The van der Waals surface area contributed by atoms with Crippen molar-refractivity contribution in [3.63, 3.8) is 0 Å². The number of rotatable bonds is 2. The number of furan rings is 1. The van der Waals surface area contributed by atoms with Crippen LogP contribution in [0.2, 0.25) is 0 Å². The highest BCUT2D eigenvalue weighted by atomic mass is 19.1. The van der Waals surface area contributed by atoms with Gasteiger partial charge >= 0.3 is 0 Å². The van der Waals surface area contributed by atoms with E-state index in [9.17, 15) is 4.39 Å². The lowest BCUT2D eigenvalue weighted by atomic mass is 10.2. The second kappa shape index (κ2) is 3.99. The molecule has 0 aliphatic rings. The Kier molecular flexibility index (Phi) is 2.33. The fraction of sp³-hybridized carbons (Fsp3) is 0. The van der Waals surface area contributed by atoms with Gasteiger partial charge in [0, 0.05) is 5.56 Å². The standard InChI is InChI=1S/C12H8FN3O2/c13-9-5-7(1-2-10(9)14)12-15-11(16-18-12)8-3-4-17-6-8/h1-6H,14H2. The van der Waals surface area contributed by atoms with E-state index in [1.165, 1.54) is 24.7 Å². The van der Waals surface area contributed by atoms with Crippen LogP contribution in [0.15, 0.2) is 45.7 Å². The molecule has 0 saturated carbocycles. The SMILES string of the molecule is Nc1ccc(-c2nc(-c3ccoc3)no2)cc1F. The van der Waals surface area contributed by atoms with Crippen LogP contribution in [-0.4, -0.2) is 10.1 Å². The molecule has 0 unspecified atom stereocenters. The Morgan fingerprint density at radius 2 is 2.06 bits per heavy atom. The third-order valence-corrected chi connectivity index (χ3v) is 2.45. The first kappa shape index (κ1) is 10.5. The second-order valence-electron chi connectivity index (χ2n) is 3.67. The predicted octanol–water partition coefficient (Wildman–Crippen LogP) is 2.72. The fourth-order valence-corrected chi connectivity index (χ4v) is 1.51. The van der Waals surface area contributed by atoms with Crippen LogP contribution >= 0.6 is 0 Å². The molecule has 5 nitrogen and oxygen atoms in total. The highest BCUT2D eigenvalue weighted by Crippen LogP contribution is 2.24. The number of halogens is 1. The minimum Gasteiger partial charge on any atom is -0.472 e. The molecule has 0 radical (unpaired) electrons. The predicted molar refractivity (Wildman–Crippen MR) is 61.8 cm³/mol. The number of benzene rings is 1. The summed E-state index contributed by atoms with van der Waals surface area (Å²) in [6.45, 7) is 0. The van der Waals surface area contributed by atoms with E-state index < -0.39 is 5.82 Å². The van der Waals surface area contributed by atoms with Gasteiger partial charge in [-0.05, 0) is 24.3 Å². The van der Waals surface area contributed by atoms with Crippen molar-refractivity contribution >= 4 is 5.69 Å². The zero-order chi connectivity index (χ0) is 12.5. The van der Waals surface area contributed by atoms with E-state index >= 15 is 0 Å². The zero-order valence-corrected chi connectivity index (χ0v) is 9.13. The van der Waals surface area contributed by atoms with Gasteiger partial charge in [0.1, 0.15) is 12.1 Å². The fourth-order valence-electron chi connectivity index (χ4n) is 1.51. The van der Waals surface area contributed by atoms with E-state index in [1.54, 1.807) is 12.1 Å². The molecule has 18 heavy (non-hydrogen) atoms. The molecule has 90 valence electrons. The molecular formula is C12H8FN3O2. The summed E-state index contributed by atoms with van der Waals surface area (Å²) < 4.78 is 23.3. The smallest absolute Gasteiger partial charge is 0.258 e. The van der Waals surface area contributed by atoms with Crippen molar-refractivity contribution in [2.75, 3.05) is 5.73 Å². The molecule has 6 heteroatoms. The van der Waals surface area contributed by atoms with Crippen LogP contribution in [0.3, 0.4) is 0 Å². The molecule has 0 spiro atoms. The molecule has 2 N–H and O–H groups in total. The zero-order valence-electron chi connectivity index (χ0n) is 9.13. The van der Waals surface area contributed by atoms with Crippen LogP contribution in [-0.2, 0) is 0 Å². The number of aromatic nitrogens is 2. The van der Waals surface area contributed by atoms with Gasteiger partial charge in [-0.25, -0.2) is 4.39 Å². The quantitative estimate of drug-likeness (QED) is 0.702. The molecular weight excluding hydrogens is 237 g/mol. The maximum Gasteiger partial charge on any atom is 0.258 e. The third-order valence-electron chi connectivity index (χ3n) is 2.45. The molecule has 2 heterocycles. The molecule has 0 amide bonds. The first-order chi connectivity index (χ1) is 8.74. The Morgan fingerprint density at radius 3 is 2.78 bits per heavy atom. The van der Waals surface area contributed by atoms with Crippen LogP contribution < -0.4 is 5.73 Å². The first-order valence-electron chi connectivity index (χ1n) is 5.16. The molecule has 0 fully saturated rings. The molecule has 2 aromatic heterocycles. The summed E-state index contributed by atoms with van der Waals surface area (Å²) in [4.78, 5) is 4.15. The summed E-state index contributed by atoms with van der Waals surface area (Å²) in [7, 11) is 0. The van der Waals surface area contributed by atoms with E-state index in [1.807, 2.05) is 0 Å². The topological polar surface area (TPSA) is 78.1 Å². The summed E-state index contributed by atoms with van der Waals surface area (Å²) in [5, 5.41) is 3.79. The van der Waals surface area contributed by atoms with Gasteiger partial charge in [-0.1, -0.05) is 5.16 Å². The van der Waals surface area contributed by atoms with Crippen LogP contribution in [0, 0.1) is 5.82 Å². The van der Waals surface area contributed by atoms with Gasteiger partial charge in [0.25, 0.3) is 5.89 Å². The molecule has 0 bridgehead atoms. The highest BCUT2D eigenvalue weighted by Gasteiger charge is 2.12. The van der Waals surface area contributed by atoms with E-state index in [-0.39, 0.29) is 11.6 Å². The Hall–Kier alpha value is -2.63. The van der Waals surface area contributed by atoms with Crippen LogP contribution in [0.25, 0.3) is 22.8 Å². The summed E-state index contributed by atoms with van der Waals surface area (Å²) in [5.41, 5.74) is 6.64. The van der Waals surface area contributed by atoms with Crippen molar-refractivity contribution in [2.24, 2.45) is 0 Å². The lowest BCUT2D eigenvalue weighted by Crippen LogP contribution is -1.90. The Morgan fingerprint density at radius 1 is 1.17 bits per heavy atom.